The number of likely N-dealkylation sites (N-methyl/N-ethyl adjacent to an activating group) is 1. The zero-order chi connectivity index (χ0) is 54.9. The average Bonchev–Trinajstić information content (AvgIpc) is 3.37. The van der Waals surface area contributed by atoms with Crippen molar-refractivity contribution in [3.05, 3.63) is 134 Å². The van der Waals surface area contributed by atoms with E-state index >= 15 is 0 Å². The first-order chi connectivity index (χ1) is 36.5. The van der Waals surface area contributed by atoms with Crippen LogP contribution in [-0.4, -0.2) is 73.4 Å². The van der Waals surface area contributed by atoms with E-state index in [0.29, 0.717) is 23.9 Å². The first-order valence-corrected chi connectivity index (χ1v) is 31.6. The van der Waals surface area contributed by atoms with Gasteiger partial charge in [-0.05, 0) is 103 Å². The summed E-state index contributed by atoms with van der Waals surface area (Å²) in [6.07, 6.45) is 84.2. The summed E-state index contributed by atoms with van der Waals surface area (Å²) < 4.78 is 23.7. The van der Waals surface area contributed by atoms with Crippen LogP contribution in [0, 0.1) is 0 Å². The summed E-state index contributed by atoms with van der Waals surface area (Å²) in [5.74, 6) is -0.223. The van der Waals surface area contributed by atoms with Crippen LogP contribution >= 0.6 is 7.82 Å². The van der Waals surface area contributed by atoms with Gasteiger partial charge in [0.05, 0.1) is 39.9 Å². The summed E-state index contributed by atoms with van der Waals surface area (Å²) in [7, 11) is 1.51. The summed E-state index contributed by atoms with van der Waals surface area (Å²) >= 11 is 0. The maximum atomic E-state index is 13.0. The van der Waals surface area contributed by atoms with Crippen molar-refractivity contribution in [3.8, 4) is 0 Å². The Balaban J connectivity index is 4.36. The zero-order valence-corrected chi connectivity index (χ0v) is 49.6. The van der Waals surface area contributed by atoms with Gasteiger partial charge in [-0.15, -0.1) is 0 Å². The molecule has 0 spiro atoms. The monoisotopic (exact) mass is 1060 g/mol. The van der Waals surface area contributed by atoms with Crippen molar-refractivity contribution < 1.29 is 32.9 Å². The number of rotatable bonds is 53. The van der Waals surface area contributed by atoms with Crippen LogP contribution in [0.25, 0.3) is 0 Å². The largest absolute Gasteiger partial charge is 0.472 e. The Labute approximate surface area is 462 Å². The molecule has 0 heterocycles. The lowest BCUT2D eigenvalue weighted by molar-refractivity contribution is -0.870. The number of aliphatic hydroxyl groups is 1. The molecule has 0 fully saturated rings. The van der Waals surface area contributed by atoms with E-state index in [2.05, 4.69) is 141 Å². The van der Waals surface area contributed by atoms with Crippen molar-refractivity contribution in [2.75, 3.05) is 40.9 Å². The molecule has 0 saturated heterocycles. The fourth-order valence-electron chi connectivity index (χ4n) is 7.93. The number of phosphoric acid groups is 1. The summed E-state index contributed by atoms with van der Waals surface area (Å²) in [4.78, 5) is 23.3. The quantitative estimate of drug-likeness (QED) is 0.0243. The SMILES string of the molecule is CC/C=C\C/C=C\C/C=C\C/C=C\C/C=C\C/C=C\C/C=C\C/C=C\C/C=C\CCCCCC(=O)NC(COP(=O)(O)OCC[N+](C)(C)C)C(O)/C=C/CC/C=C/CCCCCCCCCCCCCCCCCC. The first kappa shape index (κ1) is 71.6. The number of hydrogen-bond acceptors (Lipinski definition) is 5. The fraction of sp³-hybridized carbons (Fsp3) is 0.652. The minimum atomic E-state index is -4.38. The zero-order valence-electron chi connectivity index (χ0n) is 48.7. The number of nitrogens with one attached hydrogen (secondary N) is 1. The molecule has 8 nitrogen and oxygen atoms in total. The maximum absolute atomic E-state index is 13.0. The first-order valence-electron chi connectivity index (χ1n) is 30.1. The van der Waals surface area contributed by atoms with Crippen LogP contribution in [0.4, 0.5) is 0 Å². The third-order valence-electron chi connectivity index (χ3n) is 12.6. The highest BCUT2D eigenvalue weighted by Gasteiger charge is 2.27. The lowest BCUT2D eigenvalue weighted by atomic mass is 10.0. The van der Waals surface area contributed by atoms with Crippen LogP contribution in [-0.2, 0) is 18.4 Å². The van der Waals surface area contributed by atoms with Crippen LogP contribution in [0.3, 0.4) is 0 Å². The van der Waals surface area contributed by atoms with Gasteiger partial charge in [0.1, 0.15) is 13.2 Å². The number of amides is 1. The Morgan fingerprint density at radius 3 is 1.23 bits per heavy atom. The Bertz CT molecular complexity index is 1680. The molecule has 3 N–H and O–H groups in total. The van der Waals surface area contributed by atoms with Gasteiger partial charge in [0.2, 0.25) is 5.91 Å². The highest BCUT2D eigenvalue weighted by molar-refractivity contribution is 7.47. The highest BCUT2D eigenvalue weighted by Crippen LogP contribution is 2.43. The topological polar surface area (TPSA) is 105 Å². The number of carbonyl (C=O) groups is 1. The molecule has 0 aromatic heterocycles. The molecule has 0 rings (SSSR count). The third-order valence-corrected chi connectivity index (χ3v) is 13.6. The molecule has 0 saturated carbocycles. The summed E-state index contributed by atoms with van der Waals surface area (Å²) in [5.41, 5.74) is 0. The highest BCUT2D eigenvalue weighted by atomic mass is 31.2. The number of nitrogens with zero attached hydrogens (tertiary/aromatic N) is 1. The molecule has 0 aliphatic heterocycles. The fourth-order valence-corrected chi connectivity index (χ4v) is 8.67. The van der Waals surface area contributed by atoms with Gasteiger partial charge >= 0.3 is 7.82 Å². The van der Waals surface area contributed by atoms with Crippen LogP contribution in [0.1, 0.15) is 226 Å². The molecule has 75 heavy (non-hydrogen) atoms. The number of hydrogen-bond donors (Lipinski definition) is 3. The van der Waals surface area contributed by atoms with Crippen LogP contribution in [0.5, 0.6) is 0 Å². The van der Waals surface area contributed by atoms with Gasteiger partial charge in [-0.1, -0.05) is 250 Å². The lowest BCUT2D eigenvalue weighted by Crippen LogP contribution is -2.45. The van der Waals surface area contributed by atoms with E-state index in [1.165, 1.54) is 103 Å². The smallest absolute Gasteiger partial charge is 0.387 e. The molecule has 0 radical (unpaired) electrons. The number of phosphoric ester groups is 1. The normalized spacial score (nSPS) is 14.8. The van der Waals surface area contributed by atoms with E-state index in [4.69, 9.17) is 9.05 Å². The number of aliphatic hydroxyl groups excluding tert-OH is 1. The molecule has 0 aliphatic rings. The van der Waals surface area contributed by atoms with Crippen molar-refractivity contribution in [2.45, 2.75) is 238 Å². The Morgan fingerprint density at radius 1 is 0.467 bits per heavy atom. The molecule has 9 heteroatoms. The summed E-state index contributed by atoms with van der Waals surface area (Å²) in [6, 6.07) is -0.893. The van der Waals surface area contributed by atoms with Crippen LogP contribution in [0.15, 0.2) is 134 Å². The maximum Gasteiger partial charge on any atom is 0.472 e. The van der Waals surface area contributed by atoms with Crippen LogP contribution in [0.2, 0.25) is 0 Å². The van der Waals surface area contributed by atoms with Gasteiger partial charge in [0, 0.05) is 6.42 Å². The van der Waals surface area contributed by atoms with Crippen molar-refractivity contribution in [1.29, 1.82) is 0 Å². The summed E-state index contributed by atoms with van der Waals surface area (Å²) in [6.45, 7) is 4.65. The molecule has 428 valence electrons. The van der Waals surface area contributed by atoms with Gasteiger partial charge in [0.15, 0.2) is 0 Å². The molecule has 0 aromatic carbocycles. The van der Waals surface area contributed by atoms with Crippen molar-refractivity contribution in [1.82, 2.24) is 5.32 Å². The minimum absolute atomic E-state index is 0.0417. The van der Waals surface area contributed by atoms with E-state index in [-0.39, 0.29) is 19.1 Å². The number of carbonyl (C=O) groups excluding carboxylic acids is 1. The second-order valence-corrected chi connectivity index (χ2v) is 22.4. The molecule has 3 atom stereocenters. The molecule has 0 bridgehead atoms. The molecule has 0 aliphatic carbocycles. The lowest BCUT2D eigenvalue weighted by Gasteiger charge is -2.25. The van der Waals surface area contributed by atoms with Crippen molar-refractivity contribution in [3.63, 3.8) is 0 Å². The van der Waals surface area contributed by atoms with E-state index in [1.54, 1.807) is 6.08 Å². The van der Waals surface area contributed by atoms with E-state index in [0.717, 1.165) is 96.3 Å². The predicted octanol–water partition coefficient (Wildman–Crippen LogP) is 18.7. The predicted molar refractivity (Wildman–Crippen MR) is 327 cm³/mol. The third kappa shape index (κ3) is 58.2. The molecular weight excluding hydrogens is 948 g/mol. The summed E-state index contributed by atoms with van der Waals surface area (Å²) in [5, 5.41) is 13.9. The average molecular weight is 1060 g/mol. The standard InChI is InChI=1S/C66H113N2O6P/c1-6-8-10-12-14-16-18-20-22-24-26-28-30-31-32-33-34-35-36-37-38-40-42-44-46-48-50-52-54-56-58-60-66(70)67-64(63-74-75(71,72)73-62-61-68(3,4)5)65(69)59-57-55-53-51-49-47-45-43-41-39-29-27-25-23-21-19-17-15-13-11-9-7-2/h8,10,14,16,20,22,26,28,31-32,34-35,37-38,42,44,48-51,57,59,64-65,69H,6-7,9,11-13,15,17-19,21,23-25,27,29-30,33,36,39-41,43,45-47,52-56,58,60-63H2,1-5H3,(H-,67,70,71,72)/p+1/b10-8-,16-14-,22-20-,28-26-,32-31-,35-34-,38-37-,44-42-,50-48-,51-49+,59-57+. The second kappa shape index (κ2) is 55.4. The van der Waals surface area contributed by atoms with Crippen LogP contribution < -0.4 is 5.32 Å². The number of unbranched alkanes of at least 4 members (excludes halogenated alkanes) is 20. The molecular formula is C66H114N2O6P+. The Morgan fingerprint density at radius 2 is 0.813 bits per heavy atom. The van der Waals surface area contributed by atoms with Crippen molar-refractivity contribution >= 4 is 13.7 Å². The van der Waals surface area contributed by atoms with Gasteiger partial charge < -0.3 is 19.8 Å². The van der Waals surface area contributed by atoms with Gasteiger partial charge in [-0.2, -0.15) is 0 Å². The Hall–Kier alpha value is -3.36. The number of allylic oxidation sites excluding steroid dienone is 21. The van der Waals surface area contributed by atoms with Crippen molar-refractivity contribution in [2.24, 2.45) is 0 Å². The van der Waals surface area contributed by atoms with E-state index < -0.39 is 20.0 Å². The van der Waals surface area contributed by atoms with Gasteiger partial charge in [0.25, 0.3) is 0 Å². The molecule has 1 amide bonds. The van der Waals surface area contributed by atoms with Gasteiger partial charge in [-0.25, -0.2) is 4.57 Å². The Kier molecular flexibility index (Phi) is 52.9. The molecule has 3 unspecified atom stereocenters. The van der Waals surface area contributed by atoms with E-state index in [1.807, 2.05) is 27.2 Å². The second-order valence-electron chi connectivity index (χ2n) is 21.0. The van der Waals surface area contributed by atoms with E-state index in [9.17, 15) is 19.4 Å². The van der Waals surface area contributed by atoms with Gasteiger partial charge in [-0.3, -0.25) is 13.8 Å². The molecule has 0 aromatic rings. The minimum Gasteiger partial charge on any atom is -0.387 e. The number of quaternary nitrogens is 1.